The summed E-state index contributed by atoms with van der Waals surface area (Å²) in [6, 6.07) is 8.50. The van der Waals surface area contributed by atoms with Crippen LogP contribution in [-0.4, -0.2) is 89.4 Å². The van der Waals surface area contributed by atoms with E-state index in [0.717, 1.165) is 37.8 Å². The van der Waals surface area contributed by atoms with Gasteiger partial charge in [0, 0.05) is 43.2 Å². The molecule has 0 spiro atoms. The summed E-state index contributed by atoms with van der Waals surface area (Å²) < 4.78 is 5.26. The molecule has 3 aliphatic rings. The number of halogens is 1. The Balaban J connectivity index is 1.56. The molecule has 1 aromatic heterocycles. The Hall–Kier alpha value is -2.68. The molecule has 1 aliphatic carbocycles. The van der Waals surface area contributed by atoms with E-state index >= 15 is 4.79 Å². The van der Waals surface area contributed by atoms with Crippen LogP contribution in [0.15, 0.2) is 47.3 Å². The predicted octanol–water partition coefficient (Wildman–Crippen LogP) is 5.65. The summed E-state index contributed by atoms with van der Waals surface area (Å²) in [5, 5.41) is 3.48. The van der Waals surface area contributed by atoms with E-state index < -0.39 is 11.5 Å². The molecule has 1 aromatic carbocycles. The Labute approximate surface area is 267 Å². The van der Waals surface area contributed by atoms with Crippen LogP contribution < -0.4 is 5.32 Å². The molecular weight excluding hydrogens is 576 g/mol. The quantitative estimate of drug-likeness (QED) is 0.420. The van der Waals surface area contributed by atoms with Gasteiger partial charge in [-0.2, -0.15) is 0 Å². The van der Waals surface area contributed by atoms with E-state index in [1.54, 1.807) is 13.1 Å². The average molecular weight is 626 g/mol. The molecule has 3 heterocycles. The largest absolute Gasteiger partial charge is 0.472 e. The highest BCUT2D eigenvalue weighted by Crippen LogP contribution is 2.45. The van der Waals surface area contributed by atoms with Crippen LogP contribution in [0.5, 0.6) is 0 Å². The van der Waals surface area contributed by atoms with Gasteiger partial charge in [-0.25, -0.2) is 4.79 Å². The van der Waals surface area contributed by atoms with Gasteiger partial charge in [0.25, 0.3) is 11.8 Å². The minimum absolute atomic E-state index is 0.0307. The molecule has 5 rings (SSSR count). The van der Waals surface area contributed by atoms with Gasteiger partial charge in [0.2, 0.25) is 0 Å². The minimum Gasteiger partial charge on any atom is -0.472 e. The highest BCUT2D eigenvalue weighted by atomic mass is 35.5. The van der Waals surface area contributed by atoms with E-state index in [0.29, 0.717) is 36.5 Å². The number of nitrogens with zero attached hydrogens (tertiary/aromatic N) is 3. The molecule has 1 unspecified atom stereocenters. The maximum absolute atomic E-state index is 15.3. The fourth-order valence-corrected chi connectivity index (χ4v) is 8.22. The van der Waals surface area contributed by atoms with E-state index in [2.05, 4.69) is 44.8 Å². The molecule has 8 nitrogen and oxygen atoms in total. The van der Waals surface area contributed by atoms with Crippen LogP contribution in [0, 0.1) is 5.41 Å². The van der Waals surface area contributed by atoms with Gasteiger partial charge >= 0.3 is 5.91 Å². The summed E-state index contributed by atoms with van der Waals surface area (Å²) in [4.78, 5) is 47.5. The lowest BCUT2D eigenvalue weighted by atomic mass is 9.75. The number of benzene rings is 1. The fraction of sp³-hybridized carbons (Fsp3) is 0.629. The van der Waals surface area contributed by atoms with E-state index in [1.807, 2.05) is 36.2 Å². The third-order valence-electron chi connectivity index (χ3n) is 10.9. The SMILES string of the molecule is CNC(=O)[C@@H]1C[C@@H](N(C(=O)c2ccoc2)C2CCC(C)(C)CC2)C[N+]1(C)C(=O)[C@]1(c2ccc(Cl)cc2)CCN(C(C)(C)C)C1. The summed E-state index contributed by atoms with van der Waals surface area (Å²) >= 11 is 6.30. The second-order valence-corrected chi connectivity index (χ2v) is 15.8. The first-order chi connectivity index (χ1) is 20.6. The normalized spacial score (nSPS) is 29.5. The van der Waals surface area contributed by atoms with Crippen molar-refractivity contribution in [1.29, 1.82) is 0 Å². The van der Waals surface area contributed by atoms with Crippen molar-refractivity contribution < 1.29 is 23.3 Å². The van der Waals surface area contributed by atoms with Crippen LogP contribution in [-0.2, 0) is 15.0 Å². The third-order valence-corrected chi connectivity index (χ3v) is 11.2. The number of carbonyl (C=O) groups excluding carboxylic acids is 3. The number of rotatable bonds is 6. The molecule has 2 saturated heterocycles. The van der Waals surface area contributed by atoms with Crippen molar-refractivity contribution in [1.82, 2.24) is 15.1 Å². The van der Waals surface area contributed by atoms with Gasteiger partial charge in [-0.15, -0.1) is 0 Å². The standard InChI is InChI=1S/C35H49ClN4O4/c1-33(2,3)38-18-17-35(23-38,25-8-10-26(36)11-9-25)32(43)40(7)21-28(20-29(40)30(41)37-6)39(31(42)24-14-19-44-22-24)27-12-15-34(4,5)16-13-27/h8-11,14,19,22,27-29H,12-13,15-18,20-21,23H2,1-7H3/p+1/t28-,29+,35-,40?/m1/s1. The first kappa shape index (κ1) is 32.7. The Kier molecular flexibility index (Phi) is 8.86. The monoisotopic (exact) mass is 625 g/mol. The molecule has 1 N–H and O–H groups in total. The van der Waals surface area contributed by atoms with E-state index in [1.165, 1.54) is 12.5 Å². The van der Waals surface area contributed by atoms with Gasteiger partial charge in [0.05, 0.1) is 24.9 Å². The summed E-state index contributed by atoms with van der Waals surface area (Å²) in [5.41, 5.74) is 0.727. The van der Waals surface area contributed by atoms with E-state index in [4.69, 9.17) is 16.0 Å². The molecule has 4 atom stereocenters. The van der Waals surface area contributed by atoms with Crippen molar-refractivity contribution in [3.8, 4) is 0 Å². The van der Waals surface area contributed by atoms with Crippen LogP contribution in [0.4, 0.5) is 0 Å². The van der Waals surface area contributed by atoms with E-state index in [9.17, 15) is 9.59 Å². The number of likely N-dealkylation sites (tertiary alicyclic amines) is 2. The Bertz CT molecular complexity index is 1360. The lowest BCUT2D eigenvalue weighted by molar-refractivity contribution is -0.840. The molecule has 1 saturated carbocycles. The number of amides is 3. The van der Waals surface area contributed by atoms with Crippen molar-refractivity contribution in [3.63, 3.8) is 0 Å². The molecule has 3 amide bonds. The van der Waals surface area contributed by atoms with Crippen LogP contribution in [0.2, 0.25) is 5.02 Å². The second-order valence-electron chi connectivity index (χ2n) is 15.3. The molecular formula is C35H50ClN4O4+. The lowest BCUT2D eigenvalue weighted by Gasteiger charge is -2.43. The molecule has 0 radical (unpaired) electrons. The van der Waals surface area contributed by atoms with Crippen molar-refractivity contribution in [2.75, 3.05) is 33.7 Å². The summed E-state index contributed by atoms with van der Waals surface area (Å²) in [5.74, 6) is -0.221. The highest BCUT2D eigenvalue weighted by molar-refractivity contribution is 6.30. The van der Waals surface area contributed by atoms with Crippen molar-refractivity contribution >= 4 is 29.3 Å². The Morgan fingerprint density at radius 3 is 2.25 bits per heavy atom. The molecule has 240 valence electrons. The van der Waals surface area contributed by atoms with Gasteiger partial charge in [-0.05, 0) is 82.1 Å². The molecule has 9 heteroatoms. The van der Waals surface area contributed by atoms with Gasteiger partial charge < -0.3 is 14.6 Å². The van der Waals surface area contributed by atoms with Crippen LogP contribution in [0.25, 0.3) is 0 Å². The van der Waals surface area contributed by atoms with Gasteiger partial charge in [0.15, 0.2) is 6.04 Å². The van der Waals surface area contributed by atoms with Crippen molar-refractivity contribution in [3.05, 3.63) is 59.0 Å². The van der Waals surface area contributed by atoms with Gasteiger partial charge in [-0.1, -0.05) is 37.6 Å². The second kappa shape index (κ2) is 11.9. The number of likely N-dealkylation sites (N-methyl/N-ethyl adjacent to an activating group) is 2. The first-order valence-electron chi connectivity index (χ1n) is 16.1. The van der Waals surface area contributed by atoms with Crippen LogP contribution in [0.3, 0.4) is 0 Å². The Morgan fingerprint density at radius 2 is 1.70 bits per heavy atom. The van der Waals surface area contributed by atoms with E-state index in [-0.39, 0.29) is 45.2 Å². The van der Waals surface area contributed by atoms with Crippen LogP contribution >= 0.6 is 11.6 Å². The number of hydrogen-bond donors (Lipinski definition) is 1. The van der Waals surface area contributed by atoms with Crippen molar-refractivity contribution in [2.45, 2.75) is 102 Å². The summed E-state index contributed by atoms with van der Waals surface area (Å²) in [6.07, 6.45) is 7.93. The smallest absolute Gasteiger partial charge is 0.326 e. The number of furan rings is 1. The maximum atomic E-state index is 15.3. The molecule has 44 heavy (non-hydrogen) atoms. The van der Waals surface area contributed by atoms with Gasteiger partial charge in [0.1, 0.15) is 18.2 Å². The Morgan fingerprint density at radius 1 is 1.05 bits per heavy atom. The van der Waals surface area contributed by atoms with Crippen molar-refractivity contribution in [2.24, 2.45) is 5.41 Å². The minimum atomic E-state index is -0.817. The molecule has 2 aromatic rings. The number of hydrogen-bond acceptors (Lipinski definition) is 5. The third kappa shape index (κ3) is 5.97. The molecule has 2 aliphatic heterocycles. The summed E-state index contributed by atoms with van der Waals surface area (Å²) in [6.45, 7) is 12.8. The molecule has 3 fully saturated rings. The lowest BCUT2D eigenvalue weighted by Crippen LogP contribution is -2.65. The highest BCUT2D eigenvalue weighted by Gasteiger charge is 2.63. The maximum Gasteiger partial charge on any atom is 0.326 e. The number of nitrogens with one attached hydrogen (secondary N) is 1. The van der Waals surface area contributed by atoms with Gasteiger partial charge in [-0.3, -0.25) is 19.0 Å². The molecule has 0 bridgehead atoms. The average Bonchev–Trinajstić information content (AvgIpc) is 3.74. The zero-order valence-corrected chi connectivity index (χ0v) is 28.2. The summed E-state index contributed by atoms with van der Waals surface area (Å²) in [7, 11) is 3.55. The number of quaternary nitrogens is 1. The number of carbonyl (C=O) groups is 3. The first-order valence-corrected chi connectivity index (χ1v) is 16.5. The van der Waals surface area contributed by atoms with Crippen LogP contribution in [0.1, 0.15) is 89.1 Å². The zero-order valence-electron chi connectivity index (χ0n) is 27.5. The zero-order chi connectivity index (χ0) is 32.1. The topological polar surface area (TPSA) is 82.9 Å². The fourth-order valence-electron chi connectivity index (χ4n) is 8.09. The predicted molar refractivity (Wildman–Crippen MR) is 172 cm³/mol.